The summed E-state index contributed by atoms with van der Waals surface area (Å²) in [5, 5.41) is 32.9. The van der Waals surface area contributed by atoms with Crippen LogP contribution in [0.25, 0.3) is 0 Å². The lowest BCUT2D eigenvalue weighted by molar-refractivity contribution is -0.305. The van der Waals surface area contributed by atoms with E-state index < -0.39 is 84.8 Å². The predicted octanol–water partition coefficient (Wildman–Crippen LogP) is 1.68. The Morgan fingerprint density at radius 2 is 1.57 bits per heavy atom. The lowest BCUT2D eigenvalue weighted by atomic mass is 9.81. The zero-order valence-electron chi connectivity index (χ0n) is 30.3. The Morgan fingerprint density at radius 3 is 2.22 bits per heavy atom. The first kappa shape index (κ1) is 40.2. The lowest BCUT2D eigenvalue weighted by Crippen LogP contribution is -2.59. The summed E-state index contributed by atoms with van der Waals surface area (Å²) in [7, 11) is 4.48. The van der Waals surface area contributed by atoms with E-state index in [9.17, 15) is 24.9 Å². The number of ketones is 1. The molecule has 0 saturated carbocycles. The highest BCUT2D eigenvalue weighted by Crippen LogP contribution is 2.38. The molecule has 0 aromatic carbocycles. The first-order valence-corrected chi connectivity index (χ1v) is 17.4. The van der Waals surface area contributed by atoms with Gasteiger partial charge in [-0.15, -0.1) is 0 Å². The van der Waals surface area contributed by atoms with Gasteiger partial charge in [0.05, 0.1) is 43.2 Å². The maximum atomic E-state index is 13.4. The molecule has 0 spiro atoms. The van der Waals surface area contributed by atoms with Crippen LogP contribution >= 0.6 is 0 Å². The van der Waals surface area contributed by atoms with Gasteiger partial charge in [0, 0.05) is 52.1 Å². The van der Waals surface area contributed by atoms with Crippen LogP contribution in [0.4, 0.5) is 0 Å². The van der Waals surface area contributed by atoms with Crippen LogP contribution < -0.4 is 0 Å². The number of Topliss-reactive ketones (excluding diaryl/α,β-unsaturated/α-hetero) is 1. The second-order valence-corrected chi connectivity index (χ2v) is 14.4. The van der Waals surface area contributed by atoms with Crippen LogP contribution in [0.5, 0.6) is 0 Å². The van der Waals surface area contributed by atoms with E-state index in [4.69, 9.17) is 42.6 Å². The number of carbonyl (C=O) groups is 2. The highest BCUT2D eigenvalue weighted by Gasteiger charge is 2.51. The molecule has 0 bridgehead atoms. The Balaban J connectivity index is 1.54. The minimum absolute atomic E-state index is 0.0587. The van der Waals surface area contributed by atoms with Gasteiger partial charge in [0.1, 0.15) is 36.1 Å². The molecule has 3 saturated heterocycles. The summed E-state index contributed by atoms with van der Waals surface area (Å²) in [6, 6.07) is 0. The fraction of sp³-hybridized carbons (Fsp3) is 0.886. The van der Waals surface area contributed by atoms with Gasteiger partial charge in [-0.05, 0) is 46.5 Å². The number of aliphatic hydroxyl groups excluding tert-OH is 2. The van der Waals surface area contributed by atoms with E-state index in [-0.39, 0.29) is 49.5 Å². The topological polar surface area (TPSA) is 181 Å². The van der Waals surface area contributed by atoms with Crippen molar-refractivity contribution in [1.82, 2.24) is 0 Å². The highest BCUT2D eigenvalue weighted by atomic mass is 16.7. The monoisotopic (exact) mass is 702 g/mol. The summed E-state index contributed by atoms with van der Waals surface area (Å²) >= 11 is 0. The molecular formula is C35H58O14. The van der Waals surface area contributed by atoms with Crippen LogP contribution in [0.3, 0.4) is 0 Å². The van der Waals surface area contributed by atoms with Crippen molar-refractivity contribution in [2.75, 3.05) is 27.9 Å². The molecule has 49 heavy (non-hydrogen) atoms. The molecule has 0 aromatic heterocycles. The summed E-state index contributed by atoms with van der Waals surface area (Å²) in [5.41, 5.74) is -1.67. The van der Waals surface area contributed by atoms with Gasteiger partial charge >= 0.3 is 5.97 Å². The number of ether oxygens (including phenoxy) is 9. The Bertz CT molecular complexity index is 1120. The molecule has 4 heterocycles. The van der Waals surface area contributed by atoms with E-state index in [1.54, 1.807) is 19.9 Å². The molecule has 3 N–H and O–H groups in total. The zero-order valence-corrected chi connectivity index (χ0v) is 30.3. The second kappa shape index (κ2) is 17.3. The van der Waals surface area contributed by atoms with E-state index >= 15 is 0 Å². The van der Waals surface area contributed by atoms with Gasteiger partial charge in [-0.25, -0.2) is 4.79 Å². The minimum atomic E-state index is -1.67. The molecule has 1 unspecified atom stereocenters. The molecule has 14 nitrogen and oxygen atoms in total. The third-order valence-electron chi connectivity index (χ3n) is 10.5. The maximum absolute atomic E-state index is 13.4. The van der Waals surface area contributed by atoms with E-state index in [1.165, 1.54) is 34.3 Å². The number of carbonyl (C=O) groups excluding carboxylic acids is 2. The van der Waals surface area contributed by atoms with Crippen molar-refractivity contribution in [3.05, 3.63) is 12.2 Å². The second-order valence-electron chi connectivity index (χ2n) is 14.4. The highest BCUT2D eigenvalue weighted by molar-refractivity contribution is 5.86. The van der Waals surface area contributed by atoms with Gasteiger partial charge in [0.25, 0.3) is 0 Å². The number of cyclic esters (lactones) is 1. The van der Waals surface area contributed by atoms with Crippen LogP contribution in [-0.4, -0.2) is 140 Å². The number of fused-ring (bicyclic) bond motifs is 1. The third-order valence-corrected chi connectivity index (χ3v) is 10.5. The Labute approximate surface area is 289 Å². The quantitative estimate of drug-likeness (QED) is 0.246. The number of methoxy groups -OCH3 is 3. The Kier molecular flexibility index (Phi) is 14.2. The molecule has 4 rings (SSSR count). The van der Waals surface area contributed by atoms with Crippen molar-refractivity contribution < 1.29 is 67.5 Å². The molecular weight excluding hydrogens is 644 g/mol. The third kappa shape index (κ3) is 9.86. The average Bonchev–Trinajstić information content (AvgIpc) is 3.82. The number of hydrogen-bond acceptors (Lipinski definition) is 14. The van der Waals surface area contributed by atoms with E-state index in [0.29, 0.717) is 12.8 Å². The largest absolute Gasteiger partial charge is 0.459 e. The van der Waals surface area contributed by atoms with Gasteiger partial charge in [-0.3, -0.25) is 4.79 Å². The van der Waals surface area contributed by atoms with Crippen molar-refractivity contribution in [1.29, 1.82) is 0 Å². The van der Waals surface area contributed by atoms with Crippen LogP contribution in [0.2, 0.25) is 0 Å². The van der Waals surface area contributed by atoms with Crippen molar-refractivity contribution in [3.63, 3.8) is 0 Å². The predicted molar refractivity (Wildman–Crippen MR) is 173 cm³/mol. The van der Waals surface area contributed by atoms with Crippen LogP contribution in [-0.2, 0) is 52.2 Å². The summed E-state index contributed by atoms with van der Waals surface area (Å²) in [6.45, 7) is 10.6. The standard InChI is InChI=1S/C35H58O14/c1-17-10-13-26(37)46-20(4)22(16-44-34-32(43-9)31(42-8)27(38)21(5)47-34)30-23(48-30)11-12-25(36)35(6,40)15-18(2)29(17)49-33-28(39)24(41-7)14-19(3)45-33/h10,13,17-24,27-34,38-40H,11-12,14-16H2,1-9H3/b13-10+/t17-,18-,19+,20+,21+,22+,23+,24-,27+,28+,29?,30+,31+,32+,33-,34+,35-/m0/s1. The molecule has 4 aliphatic rings. The SMILES string of the molecule is CO[C@@H]1[C@H](O)[C@@H](C)O[C@@H](OC[C@H]2[C@H]3O[C@@H]3CCC(=O)[C@@](C)(O)C[C@H](C)C(O[C@@H]3O[C@H](C)C[C@H](OC)[C@H]3O)[C@@H](C)/C=C/C(=O)O[C@@H]2C)[C@@H]1OC. The molecule has 14 heteroatoms. The Hall–Kier alpha value is -1.56. The molecule has 0 radical (unpaired) electrons. The number of esters is 1. The molecule has 3 fully saturated rings. The molecule has 282 valence electrons. The summed E-state index contributed by atoms with van der Waals surface area (Å²) < 4.78 is 52.8. The first-order chi connectivity index (χ1) is 23.1. The van der Waals surface area contributed by atoms with Gasteiger partial charge in [0.15, 0.2) is 18.4 Å². The molecule has 4 aliphatic heterocycles. The van der Waals surface area contributed by atoms with Gasteiger partial charge in [-0.1, -0.05) is 19.9 Å². The molecule has 0 aromatic rings. The summed E-state index contributed by atoms with van der Waals surface area (Å²) in [5.74, 6) is -2.15. The lowest BCUT2D eigenvalue weighted by Gasteiger charge is -2.42. The molecule has 17 atom stereocenters. The van der Waals surface area contributed by atoms with Gasteiger partial charge in [0.2, 0.25) is 0 Å². The first-order valence-electron chi connectivity index (χ1n) is 17.4. The Morgan fingerprint density at radius 1 is 0.878 bits per heavy atom. The van der Waals surface area contributed by atoms with Gasteiger partial charge < -0.3 is 58.0 Å². The maximum Gasteiger partial charge on any atom is 0.330 e. The number of rotatable bonds is 8. The molecule has 0 aliphatic carbocycles. The van der Waals surface area contributed by atoms with E-state index in [2.05, 4.69) is 0 Å². The molecule has 0 amide bonds. The summed E-state index contributed by atoms with van der Waals surface area (Å²) in [6.07, 6.45) is -4.62. The number of epoxide rings is 1. The number of hydrogen-bond donors (Lipinski definition) is 3. The van der Waals surface area contributed by atoms with E-state index in [0.717, 1.165) is 0 Å². The number of aliphatic hydroxyl groups is 3. The minimum Gasteiger partial charge on any atom is -0.459 e. The van der Waals surface area contributed by atoms with Crippen LogP contribution in [0.15, 0.2) is 12.2 Å². The van der Waals surface area contributed by atoms with Crippen LogP contribution in [0, 0.1) is 17.8 Å². The smallest absolute Gasteiger partial charge is 0.330 e. The van der Waals surface area contributed by atoms with Gasteiger partial charge in [-0.2, -0.15) is 0 Å². The normalized spacial score (nSPS) is 48.0. The fourth-order valence-electron chi connectivity index (χ4n) is 7.44. The zero-order chi connectivity index (χ0) is 36.2. The van der Waals surface area contributed by atoms with Crippen LogP contribution in [0.1, 0.15) is 67.2 Å². The van der Waals surface area contributed by atoms with Crippen molar-refractivity contribution in [3.8, 4) is 0 Å². The fourth-order valence-corrected chi connectivity index (χ4v) is 7.44. The van der Waals surface area contributed by atoms with Crippen molar-refractivity contribution in [2.45, 2.75) is 153 Å². The summed E-state index contributed by atoms with van der Waals surface area (Å²) in [4.78, 5) is 26.6. The van der Waals surface area contributed by atoms with Crippen molar-refractivity contribution in [2.24, 2.45) is 17.8 Å². The van der Waals surface area contributed by atoms with Crippen molar-refractivity contribution >= 4 is 11.8 Å². The average molecular weight is 703 g/mol. The van der Waals surface area contributed by atoms with E-state index in [1.807, 2.05) is 20.8 Å².